The molecule has 0 fully saturated rings. The third-order valence-electron chi connectivity index (χ3n) is 3.36. The van der Waals surface area contributed by atoms with E-state index in [2.05, 4.69) is 16.7 Å². The normalized spacial score (nSPS) is 10.3. The van der Waals surface area contributed by atoms with Crippen molar-refractivity contribution >= 4 is 40.2 Å². The van der Waals surface area contributed by atoms with Crippen LogP contribution >= 0.6 is 22.7 Å². The maximum absolute atomic E-state index is 12.2. The van der Waals surface area contributed by atoms with Gasteiger partial charge in [-0.1, -0.05) is 18.2 Å². The fraction of sp³-hybridized carbons (Fsp3) is 0.111. The van der Waals surface area contributed by atoms with E-state index >= 15 is 0 Å². The van der Waals surface area contributed by atoms with Gasteiger partial charge >= 0.3 is 0 Å². The molecule has 2 aromatic heterocycles. The number of rotatable bonds is 6. The van der Waals surface area contributed by atoms with Crippen LogP contribution in [0.5, 0.6) is 0 Å². The van der Waals surface area contributed by atoms with Gasteiger partial charge in [-0.2, -0.15) is 0 Å². The zero-order chi connectivity index (χ0) is 16.8. The number of hydrogen-bond acceptors (Lipinski definition) is 4. The Kier molecular flexibility index (Phi) is 5.40. The van der Waals surface area contributed by atoms with Crippen LogP contribution in [0.15, 0.2) is 59.3 Å². The number of carbonyl (C=O) groups is 2. The van der Waals surface area contributed by atoms with Crippen LogP contribution in [0.3, 0.4) is 0 Å². The van der Waals surface area contributed by atoms with Crippen LogP contribution in [0.4, 0.5) is 5.69 Å². The number of thiophene rings is 2. The maximum atomic E-state index is 12.2. The van der Waals surface area contributed by atoms with Crippen LogP contribution in [0.2, 0.25) is 0 Å². The molecule has 2 N–H and O–H groups in total. The van der Waals surface area contributed by atoms with Crippen molar-refractivity contribution in [2.75, 3.05) is 11.9 Å². The van der Waals surface area contributed by atoms with Crippen molar-refractivity contribution in [1.29, 1.82) is 0 Å². The van der Waals surface area contributed by atoms with Gasteiger partial charge in [0.2, 0.25) is 0 Å². The molecule has 0 spiro atoms. The minimum atomic E-state index is -0.166. The number of hydrogen-bond donors (Lipinski definition) is 2. The van der Waals surface area contributed by atoms with E-state index < -0.39 is 0 Å². The summed E-state index contributed by atoms with van der Waals surface area (Å²) >= 11 is 3.06. The Morgan fingerprint density at radius 1 is 0.917 bits per heavy atom. The monoisotopic (exact) mass is 356 g/mol. The summed E-state index contributed by atoms with van der Waals surface area (Å²) in [7, 11) is 0. The van der Waals surface area contributed by atoms with Gasteiger partial charge in [-0.05, 0) is 47.5 Å². The van der Waals surface area contributed by atoms with Gasteiger partial charge in [0.15, 0.2) is 0 Å². The van der Waals surface area contributed by atoms with E-state index in [4.69, 9.17) is 0 Å². The third kappa shape index (κ3) is 4.31. The first-order valence-corrected chi connectivity index (χ1v) is 9.24. The first kappa shape index (κ1) is 16.4. The first-order chi connectivity index (χ1) is 11.7. The quantitative estimate of drug-likeness (QED) is 0.700. The molecule has 0 aliphatic heterocycles. The van der Waals surface area contributed by atoms with Crippen molar-refractivity contribution in [1.82, 2.24) is 5.32 Å². The summed E-state index contributed by atoms with van der Waals surface area (Å²) in [6.07, 6.45) is 0.818. The molecule has 24 heavy (non-hydrogen) atoms. The number of anilines is 1. The van der Waals surface area contributed by atoms with Gasteiger partial charge in [-0.3, -0.25) is 9.59 Å². The Balaban J connectivity index is 1.57. The summed E-state index contributed by atoms with van der Waals surface area (Å²) in [6.45, 7) is 0.588. The lowest BCUT2D eigenvalue weighted by atomic mass is 10.2. The summed E-state index contributed by atoms with van der Waals surface area (Å²) in [6, 6.07) is 14.6. The molecule has 6 heteroatoms. The molecule has 2 amide bonds. The molecule has 2 heterocycles. The minimum absolute atomic E-state index is 0.140. The minimum Gasteiger partial charge on any atom is -0.352 e. The van der Waals surface area contributed by atoms with Crippen molar-refractivity contribution < 1.29 is 9.59 Å². The van der Waals surface area contributed by atoms with Gasteiger partial charge < -0.3 is 10.6 Å². The molecule has 0 radical (unpaired) electrons. The summed E-state index contributed by atoms with van der Waals surface area (Å²) in [5, 5.41) is 9.59. The Morgan fingerprint density at radius 3 is 2.50 bits per heavy atom. The molecule has 0 aliphatic rings. The van der Waals surface area contributed by atoms with Crippen molar-refractivity contribution in [3.8, 4) is 0 Å². The molecule has 122 valence electrons. The Bertz CT molecular complexity index is 811. The largest absolute Gasteiger partial charge is 0.352 e. The molecule has 3 aromatic rings. The van der Waals surface area contributed by atoms with E-state index in [9.17, 15) is 9.59 Å². The lowest BCUT2D eigenvalue weighted by molar-refractivity contribution is 0.0952. The van der Waals surface area contributed by atoms with E-state index in [0.29, 0.717) is 22.7 Å². The average molecular weight is 356 g/mol. The van der Waals surface area contributed by atoms with Crippen LogP contribution in [0.1, 0.15) is 24.9 Å². The van der Waals surface area contributed by atoms with Crippen molar-refractivity contribution in [2.24, 2.45) is 0 Å². The number of nitrogens with one attached hydrogen (secondary N) is 2. The third-order valence-corrected chi connectivity index (χ3v) is 5.17. The molecule has 0 bridgehead atoms. The lowest BCUT2D eigenvalue weighted by Gasteiger charge is -2.07. The summed E-state index contributed by atoms with van der Waals surface area (Å²) < 4.78 is 0. The van der Waals surface area contributed by atoms with Crippen molar-refractivity contribution in [2.45, 2.75) is 6.42 Å². The molecule has 0 saturated heterocycles. The molecule has 0 unspecified atom stereocenters. The topological polar surface area (TPSA) is 58.2 Å². The lowest BCUT2D eigenvalue weighted by Crippen LogP contribution is -2.25. The first-order valence-electron chi connectivity index (χ1n) is 7.48. The zero-order valence-corrected chi connectivity index (χ0v) is 14.5. The second-order valence-electron chi connectivity index (χ2n) is 5.10. The van der Waals surface area contributed by atoms with Gasteiger partial charge in [0.1, 0.15) is 0 Å². The molecule has 1 aromatic carbocycles. The standard InChI is InChI=1S/C18H16N2O2S2/c21-17(19-9-8-15-6-2-10-23-15)13-4-1-5-14(12-13)20-18(22)16-7-3-11-24-16/h1-7,10-12H,8-9H2,(H,19,21)(H,20,22). The molecule has 0 atom stereocenters. The predicted octanol–water partition coefficient (Wildman–Crippen LogP) is 4.03. The van der Waals surface area contributed by atoms with E-state index in [1.165, 1.54) is 16.2 Å². The number of amides is 2. The fourth-order valence-corrected chi connectivity index (χ4v) is 3.52. The van der Waals surface area contributed by atoms with Gasteiger partial charge in [0.25, 0.3) is 11.8 Å². The smallest absolute Gasteiger partial charge is 0.265 e. The Hall–Kier alpha value is -2.44. The van der Waals surface area contributed by atoms with Crippen LogP contribution in [-0.2, 0) is 6.42 Å². The van der Waals surface area contributed by atoms with Gasteiger partial charge in [-0.25, -0.2) is 0 Å². The van der Waals surface area contributed by atoms with E-state index in [0.717, 1.165) is 6.42 Å². The highest BCUT2D eigenvalue weighted by atomic mass is 32.1. The van der Waals surface area contributed by atoms with Gasteiger partial charge in [0.05, 0.1) is 4.88 Å². The highest BCUT2D eigenvalue weighted by Crippen LogP contribution is 2.15. The SMILES string of the molecule is O=C(NCCc1cccs1)c1cccc(NC(=O)c2cccs2)c1. The predicted molar refractivity (Wildman–Crippen MR) is 99.1 cm³/mol. The second-order valence-corrected chi connectivity index (χ2v) is 7.08. The van der Waals surface area contributed by atoms with E-state index in [1.807, 2.05) is 22.9 Å². The molecular formula is C18H16N2O2S2. The molecular weight excluding hydrogens is 340 g/mol. The number of benzene rings is 1. The second kappa shape index (κ2) is 7.90. The van der Waals surface area contributed by atoms with Crippen LogP contribution in [0, 0.1) is 0 Å². The fourth-order valence-electron chi connectivity index (χ4n) is 2.19. The summed E-state index contributed by atoms with van der Waals surface area (Å²) in [5.74, 6) is -0.306. The highest BCUT2D eigenvalue weighted by molar-refractivity contribution is 7.12. The van der Waals surface area contributed by atoms with Crippen LogP contribution in [0.25, 0.3) is 0 Å². The summed E-state index contributed by atoms with van der Waals surface area (Å²) in [4.78, 5) is 26.2. The van der Waals surface area contributed by atoms with Gasteiger partial charge in [-0.15, -0.1) is 22.7 Å². The number of carbonyl (C=O) groups excluding carboxylic acids is 2. The average Bonchev–Trinajstić information content (AvgIpc) is 3.29. The van der Waals surface area contributed by atoms with Gasteiger partial charge in [0, 0.05) is 22.7 Å². The van der Waals surface area contributed by atoms with Crippen molar-refractivity contribution in [3.63, 3.8) is 0 Å². The van der Waals surface area contributed by atoms with E-state index in [1.54, 1.807) is 41.7 Å². The highest BCUT2D eigenvalue weighted by Gasteiger charge is 2.09. The summed E-state index contributed by atoms with van der Waals surface area (Å²) in [5.41, 5.74) is 1.14. The van der Waals surface area contributed by atoms with Crippen LogP contribution in [-0.4, -0.2) is 18.4 Å². The molecule has 0 saturated carbocycles. The van der Waals surface area contributed by atoms with Crippen molar-refractivity contribution in [3.05, 3.63) is 74.6 Å². The zero-order valence-electron chi connectivity index (χ0n) is 12.8. The van der Waals surface area contributed by atoms with E-state index in [-0.39, 0.29) is 11.8 Å². The molecule has 4 nitrogen and oxygen atoms in total. The van der Waals surface area contributed by atoms with Crippen LogP contribution < -0.4 is 10.6 Å². The molecule has 0 aliphatic carbocycles. The Morgan fingerprint density at radius 2 is 1.75 bits per heavy atom. The Labute approximate surface area is 148 Å². The maximum Gasteiger partial charge on any atom is 0.265 e. The molecule has 3 rings (SSSR count).